The highest BCUT2D eigenvalue weighted by Gasteiger charge is 2.38. The van der Waals surface area contributed by atoms with Crippen molar-refractivity contribution in [3.8, 4) is 0 Å². The van der Waals surface area contributed by atoms with Gasteiger partial charge >= 0.3 is 0 Å². The number of aromatic nitrogens is 1. The summed E-state index contributed by atoms with van der Waals surface area (Å²) in [6.07, 6.45) is 5.58. The molecular formula is C20H32N4O2S. The molecule has 1 aromatic heterocycles. The van der Waals surface area contributed by atoms with Crippen LogP contribution < -0.4 is 10.6 Å². The lowest BCUT2D eigenvalue weighted by Crippen LogP contribution is -2.46. The number of likely N-dealkylation sites (tertiary alicyclic amines) is 1. The monoisotopic (exact) mass is 392 g/mol. The van der Waals surface area contributed by atoms with Gasteiger partial charge < -0.3 is 10.6 Å². The van der Waals surface area contributed by atoms with Gasteiger partial charge in [-0.2, -0.15) is 0 Å². The highest BCUT2D eigenvalue weighted by Crippen LogP contribution is 2.35. The van der Waals surface area contributed by atoms with E-state index in [1.165, 1.54) is 12.8 Å². The topological polar surface area (TPSA) is 74.3 Å². The van der Waals surface area contributed by atoms with Gasteiger partial charge in [0.2, 0.25) is 11.8 Å². The molecule has 7 heteroatoms. The van der Waals surface area contributed by atoms with Gasteiger partial charge in [-0.05, 0) is 52.4 Å². The molecule has 2 aliphatic rings. The normalized spacial score (nSPS) is 23.0. The van der Waals surface area contributed by atoms with Crippen LogP contribution in [0.25, 0.3) is 0 Å². The Hall–Kier alpha value is -1.47. The summed E-state index contributed by atoms with van der Waals surface area (Å²) in [5, 5.41) is 9.05. The van der Waals surface area contributed by atoms with Gasteiger partial charge in [-0.1, -0.05) is 0 Å². The Bertz CT molecular complexity index is 656. The largest absolute Gasteiger partial charge is 0.354 e. The molecule has 2 heterocycles. The minimum absolute atomic E-state index is 0.0349. The molecule has 0 unspecified atom stereocenters. The summed E-state index contributed by atoms with van der Waals surface area (Å²) in [5.74, 6) is 0.946. The van der Waals surface area contributed by atoms with Crippen molar-refractivity contribution in [1.82, 2.24) is 20.5 Å². The van der Waals surface area contributed by atoms with Gasteiger partial charge in [-0.25, -0.2) is 4.98 Å². The number of amides is 2. The molecule has 1 saturated carbocycles. The standard InChI is InChI=1S/C20H32N4O2S/c1-13(2)22-20(26)9-17-6-7-18(24(17)11-15-4-5-15)10-21-19(25)8-16-12-27-14(3)23-16/h12-13,15,17-18H,4-11H2,1-3H3,(H,21,25)(H,22,26)/t17-,18+/m1/s1. The van der Waals surface area contributed by atoms with Crippen molar-refractivity contribution < 1.29 is 9.59 Å². The van der Waals surface area contributed by atoms with Crippen molar-refractivity contribution in [2.75, 3.05) is 13.1 Å². The molecule has 1 aliphatic heterocycles. The number of thiazole rings is 1. The summed E-state index contributed by atoms with van der Waals surface area (Å²) < 4.78 is 0. The Morgan fingerprint density at radius 1 is 1.22 bits per heavy atom. The van der Waals surface area contributed by atoms with E-state index in [9.17, 15) is 9.59 Å². The third-order valence-corrected chi connectivity index (χ3v) is 6.17. The number of nitrogens with one attached hydrogen (secondary N) is 2. The summed E-state index contributed by atoms with van der Waals surface area (Å²) in [4.78, 5) is 31.3. The second kappa shape index (κ2) is 9.15. The zero-order chi connectivity index (χ0) is 19.4. The zero-order valence-corrected chi connectivity index (χ0v) is 17.5. The molecule has 2 fully saturated rings. The van der Waals surface area contributed by atoms with E-state index >= 15 is 0 Å². The quantitative estimate of drug-likeness (QED) is 0.676. The molecule has 1 saturated heterocycles. The average Bonchev–Trinajstić information content (AvgIpc) is 3.20. The van der Waals surface area contributed by atoms with Crippen LogP contribution in [0, 0.1) is 12.8 Å². The Morgan fingerprint density at radius 3 is 2.59 bits per heavy atom. The van der Waals surface area contributed by atoms with E-state index < -0.39 is 0 Å². The number of hydrogen-bond donors (Lipinski definition) is 2. The summed E-state index contributed by atoms with van der Waals surface area (Å²) >= 11 is 1.58. The van der Waals surface area contributed by atoms with Gasteiger partial charge in [0.15, 0.2) is 0 Å². The van der Waals surface area contributed by atoms with Crippen molar-refractivity contribution in [3.05, 3.63) is 16.1 Å². The molecule has 2 amide bonds. The van der Waals surface area contributed by atoms with Crippen molar-refractivity contribution in [1.29, 1.82) is 0 Å². The molecule has 2 N–H and O–H groups in total. The highest BCUT2D eigenvalue weighted by molar-refractivity contribution is 7.09. The SMILES string of the molecule is Cc1nc(CC(=O)NC[C@@H]2CC[C@H](CC(=O)NC(C)C)N2CC2CC2)cs1. The maximum Gasteiger partial charge on any atom is 0.226 e. The second-order valence-corrected chi connectivity index (χ2v) is 9.35. The lowest BCUT2D eigenvalue weighted by Gasteiger charge is -2.30. The number of aryl methyl sites for hydroxylation is 1. The molecule has 0 aromatic carbocycles. The van der Waals surface area contributed by atoms with Gasteiger partial charge in [-0.3, -0.25) is 14.5 Å². The van der Waals surface area contributed by atoms with Crippen LogP contribution in [0.5, 0.6) is 0 Å². The van der Waals surface area contributed by atoms with Crippen LogP contribution in [0.15, 0.2) is 5.38 Å². The second-order valence-electron chi connectivity index (χ2n) is 8.29. The Labute approximate surface area is 166 Å². The first-order valence-corrected chi connectivity index (χ1v) is 11.0. The lowest BCUT2D eigenvalue weighted by atomic mass is 10.1. The molecule has 2 atom stereocenters. The number of nitrogens with zero attached hydrogens (tertiary/aromatic N) is 2. The Kier molecular flexibility index (Phi) is 6.87. The third-order valence-electron chi connectivity index (χ3n) is 5.35. The molecular weight excluding hydrogens is 360 g/mol. The van der Waals surface area contributed by atoms with Gasteiger partial charge in [0.05, 0.1) is 17.1 Å². The van der Waals surface area contributed by atoms with Gasteiger partial charge in [-0.15, -0.1) is 11.3 Å². The molecule has 1 aliphatic carbocycles. The summed E-state index contributed by atoms with van der Waals surface area (Å²) in [5.41, 5.74) is 0.847. The van der Waals surface area contributed by atoms with Crippen LogP contribution in [0.3, 0.4) is 0 Å². The van der Waals surface area contributed by atoms with Crippen LogP contribution >= 0.6 is 11.3 Å². The minimum Gasteiger partial charge on any atom is -0.354 e. The van der Waals surface area contributed by atoms with Crippen molar-refractivity contribution >= 4 is 23.2 Å². The van der Waals surface area contributed by atoms with Crippen molar-refractivity contribution in [2.24, 2.45) is 5.92 Å². The van der Waals surface area contributed by atoms with Crippen molar-refractivity contribution in [3.63, 3.8) is 0 Å². The molecule has 150 valence electrons. The maximum absolute atomic E-state index is 12.3. The van der Waals surface area contributed by atoms with E-state index in [1.54, 1.807) is 11.3 Å². The van der Waals surface area contributed by atoms with E-state index in [2.05, 4.69) is 20.5 Å². The Morgan fingerprint density at radius 2 is 1.96 bits per heavy atom. The van der Waals surface area contributed by atoms with Crippen LogP contribution in [0.4, 0.5) is 0 Å². The Balaban J connectivity index is 1.50. The van der Waals surface area contributed by atoms with Crippen LogP contribution in [0.2, 0.25) is 0 Å². The first kappa shape index (κ1) is 20.3. The van der Waals surface area contributed by atoms with Crippen LogP contribution in [-0.4, -0.2) is 52.9 Å². The smallest absolute Gasteiger partial charge is 0.226 e. The molecule has 27 heavy (non-hydrogen) atoms. The minimum atomic E-state index is 0.0349. The summed E-state index contributed by atoms with van der Waals surface area (Å²) in [7, 11) is 0. The number of carbonyl (C=O) groups excluding carboxylic acids is 2. The number of carbonyl (C=O) groups is 2. The van der Waals surface area contributed by atoms with E-state index in [4.69, 9.17) is 0 Å². The molecule has 0 spiro atoms. The average molecular weight is 393 g/mol. The predicted molar refractivity (Wildman–Crippen MR) is 108 cm³/mol. The molecule has 0 bridgehead atoms. The van der Waals surface area contributed by atoms with E-state index in [0.717, 1.165) is 36.0 Å². The van der Waals surface area contributed by atoms with Crippen molar-refractivity contribution in [2.45, 2.75) is 77.4 Å². The summed E-state index contributed by atoms with van der Waals surface area (Å²) in [6, 6.07) is 0.816. The van der Waals surface area contributed by atoms with E-state index in [1.807, 2.05) is 26.2 Å². The fourth-order valence-electron chi connectivity index (χ4n) is 3.89. The van der Waals surface area contributed by atoms with Crippen LogP contribution in [-0.2, 0) is 16.0 Å². The molecule has 6 nitrogen and oxygen atoms in total. The van der Waals surface area contributed by atoms with Gasteiger partial charge in [0, 0.05) is 43.0 Å². The van der Waals surface area contributed by atoms with E-state index in [-0.39, 0.29) is 17.9 Å². The van der Waals surface area contributed by atoms with Crippen LogP contribution in [0.1, 0.15) is 56.7 Å². The first-order chi connectivity index (χ1) is 12.9. The summed E-state index contributed by atoms with van der Waals surface area (Å²) in [6.45, 7) is 7.67. The van der Waals surface area contributed by atoms with Gasteiger partial charge in [0.1, 0.15) is 0 Å². The fraction of sp³-hybridized carbons (Fsp3) is 0.750. The maximum atomic E-state index is 12.3. The zero-order valence-electron chi connectivity index (χ0n) is 16.7. The third kappa shape index (κ3) is 6.28. The fourth-order valence-corrected chi connectivity index (χ4v) is 4.51. The number of hydrogen-bond acceptors (Lipinski definition) is 5. The predicted octanol–water partition coefficient (Wildman–Crippen LogP) is 2.27. The molecule has 0 radical (unpaired) electrons. The van der Waals surface area contributed by atoms with E-state index in [0.29, 0.717) is 31.5 Å². The first-order valence-electron chi connectivity index (χ1n) is 10.1. The highest BCUT2D eigenvalue weighted by atomic mass is 32.1. The number of rotatable bonds is 9. The van der Waals surface area contributed by atoms with Gasteiger partial charge in [0.25, 0.3) is 0 Å². The molecule has 1 aromatic rings. The lowest BCUT2D eigenvalue weighted by molar-refractivity contribution is -0.123. The molecule has 3 rings (SSSR count).